The summed E-state index contributed by atoms with van der Waals surface area (Å²) in [6, 6.07) is 29.6. The Morgan fingerprint density at radius 2 is 1.74 bits per heavy atom. The molecule has 2 atom stereocenters. The topological polar surface area (TPSA) is 62.2 Å². The lowest BCUT2D eigenvalue weighted by molar-refractivity contribution is -0.116. The molecule has 8 heteroatoms. The molecule has 1 amide bonds. The van der Waals surface area contributed by atoms with Gasteiger partial charge in [0.15, 0.2) is 5.11 Å². The maximum Gasteiger partial charge on any atom is 0.226 e. The quantitative estimate of drug-likeness (QED) is 0.244. The third-order valence-corrected chi connectivity index (χ3v) is 7.38. The van der Waals surface area contributed by atoms with Crippen LogP contribution in [0.25, 0.3) is 16.5 Å². The van der Waals surface area contributed by atoms with Gasteiger partial charge in [0.1, 0.15) is 5.82 Å². The van der Waals surface area contributed by atoms with E-state index in [0.717, 1.165) is 33.5 Å². The first-order chi connectivity index (χ1) is 19.1. The normalized spacial score (nSPS) is 16.8. The van der Waals surface area contributed by atoms with Gasteiger partial charge in [-0.25, -0.2) is 4.39 Å². The number of pyridine rings is 1. The van der Waals surface area contributed by atoms with Crippen LogP contribution in [0.3, 0.4) is 0 Å². The van der Waals surface area contributed by atoms with Crippen molar-refractivity contribution in [3.05, 3.63) is 127 Å². The molecule has 0 spiro atoms. The van der Waals surface area contributed by atoms with E-state index >= 15 is 0 Å². The van der Waals surface area contributed by atoms with Crippen LogP contribution >= 0.6 is 12.2 Å². The summed E-state index contributed by atoms with van der Waals surface area (Å²) in [5, 5.41) is 9.13. The molecule has 0 unspecified atom stereocenters. The largest absolute Gasteiger partial charge is 0.352 e. The van der Waals surface area contributed by atoms with E-state index < -0.39 is 0 Å². The van der Waals surface area contributed by atoms with E-state index in [1.165, 1.54) is 12.1 Å². The number of hydrogen-bond donors (Lipinski definition) is 2. The number of halogens is 1. The van der Waals surface area contributed by atoms with Gasteiger partial charge in [0, 0.05) is 47.8 Å². The van der Waals surface area contributed by atoms with Gasteiger partial charge in [-0.05, 0) is 72.2 Å². The number of aromatic nitrogens is 2. The van der Waals surface area contributed by atoms with Crippen molar-refractivity contribution < 1.29 is 9.18 Å². The van der Waals surface area contributed by atoms with Crippen molar-refractivity contribution in [2.24, 2.45) is 0 Å². The fourth-order valence-electron chi connectivity index (χ4n) is 5.21. The molecule has 39 heavy (non-hydrogen) atoms. The molecule has 6 nitrogen and oxygen atoms in total. The standard InChI is InChI=1S/C31H26FN5OS/c32-22-13-15-23(16-14-22)36-19-6-12-27(36)30-29(26-10-3-4-18-33-26)35-31(39)37(30)20-17-28(38)34-25-11-5-8-21-7-1-2-9-24(21)25/h1-16,18-19,29-30H,17,20H2,(H,34,38)(H,35,39)/t29-,30-/m0/s1. The van der Waals surface area contributed by atoms with E-state index in [4.69, 9.17) is 12.2 Å². The molecule has 5 aromatic rings. The number of nitrogens with one attached hydrogen (secondary N) is 2. The zero-order valence-electron chi connectivity index (χ0n) is 21.0. The lowest BCUT2D eigenvalue weighted by Gasteiger charge is -2.29. The van der Waals surface area contributed by atoms with Crippen LogP contribution in [-0.2, 0) is 4.79 Å². The van der Waals surface area contributed by atoms with Gasteiger partial charge >= 0.3 is 0 Å². The smallest absolute Gasteiger partial charge is 0.226 e. The molecule has 2 N–H and O–H groups in total. The van der Waals surface area contributed by atoms with Crippen LogP contribution in [0.2, 0.25) is 0 Å². The Labute approximate surface area is 231 Å². The SMILES string of the molecule is O=C(CCN1C(=S)N[C@@H](c2ccccn2)[C@@H]1c1cccn1-c1ccc(F)cc1)Nc1cccc2ccccc12. The van der Waals surface area contributed by atoms with Gasteiger partial charge < -0.3 is 20.1 Å². The van der Waals surface area contributed by atoms with Gasteiger partial charge in [0.25, 0.3) is 0 Å². The lowest BCUT2D eigenvalue weighted by Crippen LogP contribution is -2.33. The van der Waals surface area contributed by atoms with E-state index in [0.29, 0.717) is 11.7 Å². The Hall–Kier alpha value is -4.56. The van der Waals surface area contributed by atoms with Crippen molar-refractivity contribution >= 4 is 39.7 Å². The number of benzene rings is 3. The Morgan fingerprint density at radius 3 is 2.56 bits per heavy atom. The average Bonchev–Trinajstić information content (AvgIpc) is 3.57. The Kier molecular flexibility index (Phi) is 6.77. The number of hydrogen-bond acceptors (Lipinski definition) is 3. The maximum atomic E-state index is 13.7. The highest BCUT2D eigenvalue weighted by Gasteiger charge is 2.41. The van der Waals surface area contributed by atoms with Crippen LogP contribution in [0.15, 0.2) is 109 Å². The number of carbonyl (C=O) groups is 1. The van der Waals surface area contributed by atoms with Crippen molar-refractivity contribution in [3.8, 4) is 5.69 Å². The van der Waals surface area contributed by atoms with Crippen LogP contribution < -0.4 is 10.6 Å². The fraction of sp³-hybridized carbons (Fsp3) is 0.129. The van der Waals surface area contributed by atoms with Crippen LogP contribution in [0.5, 0.6) is 0 Å². The van der Waals surface area contributed by atoms with Crippen LogP contribution in [0.1, 0.15) is 29.9 Å². The first-order valence-electron chi connectivity index (χ1n) is 12.8. The zero-order valence-corrected chi connectivity index (χ0v) is 21.8. The molecule has 3 heterocycles. The van der Waals surface area contributed by atoms with Crippen LogP contribution in [0, 0.1) is 5.82 Å². The van der Waals surface area contributed by atoms with Gasteiger partial charge in [-0.3, -0.25) is 9.78 Å². The highest BCUT2D eigenvalue weighted by molar-refractivity contribution is 7.80. The molecule has 1 aliphatic rings. The molecule has 0 bridgehead atoms. The van der Waals surface area contributed by atoms with Crippen LogP contribution in [-0.4, -0.2) is 32.0 Å². The second kappa shape index (κ2) is 10.7. The number of fused-ring (bicyclic) bond motifs is 1. The molecule has 1 aliphatic heterocycles. The van der Waals surface area contributed by atoms with Gasteiger partial charge in [-0.15, -0.1) is 0 Å². The highest BCUT2D eigenvalue weighted by Crippen LogP contribution is 2.39. The molecular formula is C31H26FN5OS. The minimum Gasteiger partial charge on any atom is -0.352 e. The van der Waals surface area contributed by atoms with Gasteiger partial charge in [0.05, 0.1) is 17.8 Å². The third-order valence-electron chi connectivity index (χ3n) is 7.03. The summed E-state index contributed by atoms with van der Waals surface area (Å²) >= 11 is 5.79. The molecule has 6 rings (SSSR count). The number of anilines is 1. The zero-order chi connectivity index (χ0) is 26.8. The van der Waals surface area contributed by atoms with Gasteiger partial charge in [-0.1, -0.05) is 42.5 Å². The number of nitrogens with zero attached hydrogens (tertiary/aromatic N) is 3. The third kappa shape index (κ3) is 4.98. The summed E-state index contributed by atoms with van der Waals surface area (Å²) in [6.07, 6.45) is 3.95. The van der Waals surface area contributed by atoms with Gasteiger partial charge in [0.2, 0.25) is 5.91 Å². The molecular weight excluding hydrogens is 509 g/mol. The summed E-state index contributed by atoms with van der Waals surface area (Å²) in [5.74, 6) is -0.385. The Balaban J connectivity index is 1.29. The van der Waals surface area contributed by atoms with Gasteiger partial charge in [-0.2, -0.15) is 0 Å². The Bertz CT molecular complexity index is 1630. The highest BCUT2D eigenvalue weighted by atomic mass is 32.1. The number of amides is 1. The summed E-state index contributed by atoms with van der Waals surface area (Å²) in [6.45, 7) is 0.408. The summed E-state index contributed by atoms with van der Waals surface area (Å²) in [5.41, 5.74) is 3.43. The van der Waals surface area contributed by atoms with Crippen LogP contribution in [0.4, 0.5) is 10.1 Å². The van der Waals surface area contributed by atoms with E-state index in [1.807, 2.05) is 88.5 Å². The number of thiocarbonyl (C=S) groups is 1. The molecule has 194 valence electrons. The molecule has 0 radical (unpaired) electrons. The fourth-order valence-corrected chi connectivity index (χ4v) is 5.54. The first-order valence-corrected chi connectivity index (χ1v) is 13.2. The van der Waals surface area contributed by atoms with E-state index in [2.05, 4.69) is 15.6 Å². The van der Waals surface area contributed by atoms with E-state index in [1.54, 1.807) is 18.3 Å². The molecule has 0 saturated carbocycles. The van der Waals surface area contributed by atoms with E-state index in [9.17, 15) is 9.18 Å². The minimum atomic E-state index is -0.290. The van der Waals surface area contributed by atoms with Crippen molar-refractivity contribution in [3.63, 3.8) is 0 Å². The number of carbonyl (C=O) groups excluding carboxylic acids is 1. The summed E-state index contributed by atoms with van der Waals surface area (Å²) in [4.78, 5) is 19.8. The lowest BCUT2D eigenvalue weighted by atomic mass is 10.0. The summed E-state index contributed by atoms with van der Waals surface area (Å²) < 4.78 is 15.7. The van der Waals surface area contributed by atoms with Crippen molar-refractivity contribution in [2.45, 2.75) is 18.5 Å². The molecule has 1 saturated heterocycles. The first kappa shape index (κ1) is 24.8. The molecule has 1 fully saturated rings. The minimum absolute atomic E-state index is 0.0943. The predicted molar refractivity (Wildman–Crippen MR) is 155 cm³/mol. The monoisotopic (exact) mass is 535 g/mol. The van der Waals surface area contributed by atoms with Crippen molar-refractivity contribution in [1.29, 1.82) is 0 Å². The molecule has 3 aromatic carbocycles. The van der Waals surface area contributed by atoms with Crippen molar-refractivity contribution in [1.82, 2.24) is 19.8 Å². The second-order valence-electron chi connectivity index (χ2n) is 9.42. The Morgan fingerprint density at radius 1 is 0.949 bits per heavy atom. The number of rotatable bonds is 7. The average molecular weight is 536 g/mol. The van der Waals surface area contributed by atoms with E-state index in [-0.39, 0.29) is 30.2 Å². The summed E-state index contributed by atoms with van der Waals surface area (Å²) in [7, 11) is 0. The second-order valence-corrected chi connectivity index (χ2v) is 9.81. The van der Waals surface area contributed by atoms with Crippen molar-refractivity contribution in [2.75, 3.05) is 11.9 Å². The maximum absolute atomic E-state index is 13.7. The predicted octanol–water partition coefficient (Wildman–Crippen LogP) is 6.17. The molecule has 0 aliphatic carbocycles. The molecule has 2 aromatic heterocycles.